The van der Waals surface area contributed by atoms with Gasteiger partial charge in [0.15, 0.2) is 0 Å². The zero-order valence-corrected chi connectivity index (χ0v) is 10.1. The Hall–Kier alpha value is -1.49. The van der Waals surface area contributed by atoms with Crippen molar-refractivity contribution >= 4 is 33.9 Å². The van der Waals surface area contributed by atoms with Crippen molar-refractivity contribution < 1.29 is 4.79 Å². The summed E-state index contributed by atoms with van der Waals surface area (Å²) < 4.78 is 0.953. The topological polar surface area (TPSA) is 53.8 Å². The molecule has 0 aliphatic carbocycles. The maximum absolute atomic E-state index is 11.7. The van der Waals surface area contributed by atoms with Gasteiger partial charge in [0.1, 0.15) is 5.84 Å². The molecule has 1 aliphatic heterocycles. The molecule has 0 spiro atoms. The molecule has 1 amide bonds. The first kappa shape index (κ1) is 11.0. The van der Waals surface area contributed by atoms with Crippen LogP contribution in [0.2, 0.25) is 0 Å². The number of nitrogens with zero attached hydrogens (tertiary/aromatic N) is 2. The number of aliphatic imine (C=N–C) groups is 2. The minimum absolute atomic E-state index is 0.114. The van der Waals surface area contributed by atoms with Gasteiger partial charge in [0.05, 0.1) is 13.1 Å². The van der Waals surface area contributed by atoms with Crippen LogP contribution in [0.5, 0.6) is 0 Å². The van der Waals surface area contributed by atoms with Crippen LogP contribution in [-0.2, 0) is 0 Å². The van der Waals surface area contributed by atoms with Crippen LogP contribution in [0.25, 0.3) is 0 Å². The van der Waals surface area contributed by atoms with Gasteiger partial charge >= 0.3 is 0 Å². The molecule has 0 aromatic heterocycles. The Morgan fingerprint density at radius 3 is 2.75 bits per heavy atom. The Morgan fingerprint density at radius 2 is 2.12 bits per heavy atom. The standard InChI is InChI=1S/C11H10BrN3O/c12-9-3-1-8(2-4-9)11(16)15-7-10-13-5-6-14-10/h1-5H,6-7H2,(H,15,16). The normalized spacial score (nSPS) is 13.7. The number of amides is 1. The third-order valence-corrected chi connectivity index (χ3v) is 2.64. The first-order valence-electron chi connectivity index (χ1n) is 4.85. The number of rotatable bonds is 3. The van der Waals surface area contributed by atoms with Crippen LogP contribution in [0, 0.1) is 0 Å². The van der Waals surface area contributed by atoms with E-state index in [9.17, 15) is 4.79 Å². The summed E-state index contributed by atoms with van der Waals surface area (Å²) in [6.07, 6.45) is 1.72. The summed E-state index contributed by atoms with van der Waals surface area (Å²) in [7, 11) is 0. The number of carbonyl (C=O) groups is 1. The number of nitrogens with one attached hydrogen (secondary N) is 1. The van der Waals surface area contributed by atoms with Crippen molar-refractivity contribution in [3.8, 4) is 0 Å². The molecule has 0 bridgehead atoms. The first-order chi connectivity index (χ1) is 7.75. The molecule has 1 heterocycles. The molecule has 0 radical (unpaired) electrons. The molecular formula is C11H10BrN3O. The Kier molecular flexibility index (Phi) is 3.46. The summed E-state index contributed by atoms with van der Waals surface area (Å²) >= 11 is 3.32. The molecular weight excluding hydrogens is 270 g/mol. The lowest BCUT2D eigenvalue weighted by molar-refractivity contribution is 0.0959. The second kappa shape index (κ2) is 5.03. The molecule has 1 aromatic carbocycles. The van der Waals surface area contributed by atoms with Crippen LogP contribution in [-0.4, -0.2) is 31.0 Å². The van der Waals surface area contributed by atoms with Gasteiger partial charge in [-0.25, -0.2) is 4.99 Å². The van der Waals surface area contributed by atoms with E-state index in [2.05, 4.69) is 31.2 Å². The number of hydrogen-bond acceptors (Lipinski definition) is 3. The van der Waals surface area contributed by atoms with Gasteiger partial charge in [-0.15, -0.1) is 0 Å². The van der Waals surface area contributed by atoms with Crippen LogP contribution in [0.4, 0.5) is 0 Å². The van der Waals surface area contributed by atoms with Crippen LogP contribution in [0.1, 0.15) is 10.4 Å². The molecule has 0 unspecified atom stereocenters. The summed E-state index contributed by atoms with van der Waals surface area (Å²) in [6, 6.07) is 7.19. The molecule has 1 N–H and O–H groups in total. The predicted octanol–water partition coefficient (Wildman–Crippen LogP) is 1.66. The van der Waals surface area contributed by atoms with Crippen LogP contribution in [0.3, 0.4) is 0 Å². The molecule has 0 saturated heterocycles. The van der Waals surface area contributed by atoms with Gasteiger partial charge in [-0.1, -0.05) is 15.9 Å². The van der Waals surface area contributed by atoms with Crippen LogP contribution < -0.4 is 5.32 Å². The Bertz CT molecular complexity index is 451. The van der Waals surface area contributed by atoms with E-state index in [4.69, 9.17) is 0 Å². The summed E-state index contributed by atoms with van der Waals surface area (Å²) in [6.45, 7) is 0.995. The molecule has 5 heteroatoms. The summed E-state index contributed by atoms with van der Waals surface area (Å²) in [5.41, 5.74) is 0.630. The number of benzene rings is 1. The van der Waals surface area contributed by atoms with Gasteiger partial charge in [-0.3, -0.25) is 9.79 Å². The van der Waals surface area contributed by atoms with Crippen molar-refractivity contribution in [2.24, 2.45) is 9.98 Å². The third-order valence-electron chi connectivity index (χ3n) is 2.11. The molecule has 1 aliphatic rings. The van der Waals surface area contributed by atoms with Gasteiger partial charge in [-0.2, -0.15) is 0 Å². The second-order valence-electron chi connectivity index (χ2n) is 3.26. The quantitative estimate of drug-likeness (QED) is 0.899. The van der Waals surface area contributed by atoms with Crippen molar-refractivity contribution in [2.45, 2.75) is 0 Å². The van der Waals surface area contributed by atoms with E-state index >= 15 is 0 Å². The molecule has 2 rings (SSSR count). The Labute approximate surface area is 102 Å². The highest BCUT2D eigenvalue weighted by Crippen LogP contribution is 2.10. The smallest absolute Gasteiger partial charge is 0.251 e. The lowest BCUT2D eigenvalue weighted by Gasteiger charge is -2.03. The molecule has 0 fully saturated rings. The molecule has 16 heavy (non-hydrogen) atoms. The monoisotopic (exact) mass is 279 g/mol. The average molecular weight is 280 g/mol. The van der Waals surface area contributed by atoms with Gasteiger partial charge < -0.3 is 5.32 Å². The Morgan fingerprint density at radius 1 is 1.38 bits per heavy atom. The van der Waals surface area contributed by atoms with Crippen molar-refractivity contribution in [3.05, 3.63) is 34.3 Å². The zero-order chi connectivity index (χ0) is 11.4. The lowest BCUT2D eigenvalue weighted by atomic mass is 10.2. The fourth-order valence-corrected chi connectivity index (χ4v) is 1.56. The first-order valence-corrected chi connectivity index (χ1v) is 5.64. The number of amidine groups is 1. The number of halogens is 1. The summed E-state index contributed by atoms with van der Waals surface area (Å²) in [4.78, 5) is 19.8. The van der Waals surface area contributed by atoms with E-state index in [1.807, 2.05) is 12.1 Å². The van der Waals surface area contributed by atoms with Gasteiger partial charge in [0.25, 0.3) is 5.91 Å². The minimum Gasteiger partial charge on any atom is -0.345 e. The van der Waals surface area contributed by atoms with Crippen molar-refractivity contribution in [1.29, 1.82) is 0 Å². The largest absolute Gasteiger partial charge is 0.345 e. The van der Waals surface area contributed by atoms with E-state index in [0.29, 0.717) is 24.5 Å². The zero-order valence-electron chi connectivity index (χ0n) is 8.48. The average Bonchev–Trinajstić information content (AvgIpc) is 2.80. The van der Waals surface area contributed by atoms with Crippen LogP contribution in [0.15, 0.2) is 38.7 Å². The predicted molar refractivity (Wildman–Crippen MR) is 67.3 cm³/mol. The van der Waals surface area contributed by atoms with Crippen LogP contribution >= 0.6 is 15.9 Å². The van der Waals surface area contributed by atoms with Crippen molar-refractivity contribution in [3.63, 3.8) is 0 Å². The SMILES string of the molecule is O=C(NCC1=NCC=N1)c1ccc(Br)cc1. The molecule has 82 valence electrons. The highest BCUT2D eigenvalue weighted by Gasteiger charge is 2.07. The second-order valence-corrected chi connectivity index (χ2v) is 4.17. The Balaban J connectivity index is 1.92. The number of carbonyl (C=O) groups excluding carboxylic acids is 1. The molecule has 4 nitrogen and oxygen atoms in total. The third kappa shape index (κ3) is 2.76. The summed E-state index contributed by atoms with van der Waals surface area (Å²) in [5.74, 6) is 0.558. The van der Waals surface area contributed by atoms with Gasteiger partial charge in [-0.05, 0) is 24.3 Å². The van der Waals surface area contributed by atoms with E-state index in [0.717, 1.165) is 4.47 Å². The fraction of sp³-hybridized carbons (Fsp3) is 0.182. The molecule has 1 aromatic rings. The highest BCUT2D eigenvalue weighted by molar-refractivity contribution is 9.10. The van der Waals surface area contributed by atoms with E-state index in [1.54, 1.807) is 18.3 Å². The maximum atomic E-state index is 11.7. The highest BCUT2D eigenvalue weighted by atomic mass is 79.9. The minimum atomic E-state index is -0.114. The maximum Gasteiger partial charge on any atom is 0.251 e. The summed E-state index contributed by atoms with van der Waals surface area (Å²) in [5, 5.41) is 2.76. The fourth-order valence-electron chi connectivity index (χ4n) is 1.30. The molecule has 0 atom stereocenters. The van der Waals surface area contributed by atoms with Gasteiger partial charge in [0.2, 0.25) is 0 Å². The van der Waals surface area contributed by atoms with Crippen molar-refractivity contribution in [1.82, 2.24) is 5.32 Å². The van der Waals surface area contributed by atoms with E-state index < -0.39 is 0 Å². The van der Waals surface area contributed by atoms with Crippen molar-refractivity contribution in [2.75, 3.05) is 13.1 Å². The lowest BCUT2D eigenvalue weighted by Crippen LogP contribution is -2.28. The van der Waals surface area contributed by atoms with E-state index in [-0.39, 0.29) is 5.91 Å². The van der Waals surface area contributed by atoms with Gasteiger partial charge in [0, 0.05) is 16.3 Å². The number of hydrogen-bond donors (Lipinski definition) is 1. The molecule has 0 saturated carbocycles. The van der Waals surface area contributed by atoms with E-state index in [1.165, 1.54) is 0 Å².